The van der Waals surface area contributed by atoms with Crippen LogP contribution >= 0.6 is 11.6 Å². The van der Waals surface area contributed by atoms with Crippen molar-refractivity contribution < 1.29 is 4.79 Å². The molecule has 0 saturated heterocycles. The molecule has 1 amide bonds. The van der Waals surface area contributed by atoms with Gasteiger partial charge < -0.3 is 5.32 Å². The van der Waals surface area contributed by atoms with E-state index < -0.39 is 0 Å². The lowest BCUT2D eigenvalue weighted by Crippen LogP contribution is -2.16. The number of carbonyl (C=O) groups excluding carboxylic acids is 1. The fourth-order valence-electron chi connectivity index (χ4n) is 2.46. The Kier molecular flexibility index (Phi) is 3.87. The summed E-state index contributed by atoms with van der Waals surface area (Å²) in [7, 11) is 0. The average Bonchev–Trinajstić information content (AvgIpc) is 3.06. The van der Waals surface area contributed by atoms with E-state index in [2.05, 4.69) is 20.4 Å². The topological polar surface area (TPSA) is 72.2 Å². The Morgan fingerprint density at radius 3 is 2.64 bits per heavy atom. The van der Waals surface area contributed by atoms with Crippen molar-refractivity contribution in [3.05, 3.63) is 77.7 Å². The van der Waals surface area contributed by atoms with Crippen molar-refractivity contribution in [3.8, 4) is 11.3 Å². The summed E-state index contributed by atoms with van der Waals surface area (Å²) in [4.78, 5) is 20.8. The number of nitrogens with one attached hydrogen (secondary N) is 1. The Balaban J connectivity index is 1.74. The summed E-state index contributed by atoms with van der Waals surface area (Å²) in [5, 5.41) is 7.84. The zero-order valence-electron chi connectivity index (χ0n) is 12.9. The maximum atomic E-state index is 12.5. The molecule has 0 radical (unpaired) electrons. The molecule has 4 rings (SSSR count). The number of pyridine rings is 1. The maximum absolute atomic E-state index is 12.5. The first-order chi connectivity index (χ1) is 12.2. The summed E-state index contributed by atoms with van der Waals surface area (Å²) in [6, 6.07) is 16.3. The van der Waals surface area contributed by atoms with Gasteiger partial charge in [-0.05, 0) is 30.3 Å². The number of imidazole rings is 1. The van der Waals surface area contributed by atoms with Gasteiger partial charge in [-0.2, -0.15) is 5.10 Å². The predicted molar refractivity (Wildman–Crippen MR) is 95.6 cm³/mol. The molecule has 122 valence electrons. The molecule has 0 fully saturated rings. The molecule has 0 aliphatic heterocycles. The van der Waals surface area contributed by atoms with Crippen LogP contribution in [-0.4, -0.2) is 25.5 Å². The molecule has 3 heterocycles. The summed E-state index contributed by atoms with van der Waals surface area (Å²) in [6.45, 7) is 0. The molecule has 4 aromatic rings. The molecular formula is C18H12ClN5O. The molecule has 0 aliphatic rings. The van der Waals surface area contributed by atoms with E-state index in [0.29, 0.717) is 27.9 Å². The van der Waals surface area contributed by atoms with Crippen LogP contribution in [0.5, 0.6) is 0 Å². The highest BCUT2D eigenvalue weighted by atomic mass is 35.5. The summed E-state index contributed by atoms with van der Waals surface area (Å²) in [6.07, 6.45) is 3.09. The molecule has 0 unspecified atom stereocenters. The third kappa shape index (κ3) is 2.95. The highest BCUT2D eigenvalue weighted by Gasteiger charge is 2.15. The number of fused-ring (bicyclic) bond motifs is 1. The first-order valence-electron chi connectivity index (χ1n) is 7.54. The fourth-order valence-corrected chi connectivity index (χ4v) is 2.69. The van der Waals surface area contributed by atoms with Gasteiger partial charge in [0.2, 0.25) is 0 Å². The Labute approximate surface area is 148 Å². The van der Waals surface area contributed by atoms with Crippen molar-refractivity contribution >= 4 is 29.0 Å². The minimum Gasteiger partial charge on any atom is -0.305 e. The van der Waals surface area contributed by atoms with Crippen molar-refractivity contribution in [2.75, 3.05) is 5.32 Å². The van der Waals surface area contributed by atoms with Crippen molar-refractivity contribution in [1.29, 1.82) is 0 Å². The SMILES string of the molecule is O=C(Nc1ccccn1)c1cnc2ccc(-c3ccccc3Cl)nn12. The number of amides is 1. The van der Waals surface area contributed by atoms with Crippen LogP contribution in [0.3, 0.4) is 0 Å². The molecule has 1 aromatic carbocycles. The van der Waals surface area contributed by atoms with E-state index in [0.717, 1.165) is 5.56 Å². The molecule has 0 saturated carbocycles. The standard InChI is InChI=1S/C18H12ClN5O/c19-13-6-2-1-5-12(13)14-8-9-17-21-11-15(24(17)23-14)18(25)22-16-7-3-4-10-20-16/h1-11H,(H,20,22,25). The normalized spacial score (nSPS) is 10.8. The fraction of sp³-hybridized carbons (Fsp3) is 0. The van der Waals surface area contributed by atoms with E-state index in [4.69, 9.17) is 11.6 Å². The van der Waals surface area contributed by atoms with Crippen LogP contribution < -0.4 is 5.32 Å². The number of halogens is 1. The van der Waals surface area contributed by atoms with Gasteiger partial charge in [0.1, 0.15) is 5.82 Å². The Bertz CT molecular complexity index is 1060. The van der Waals surface area contributed by atoms with Gasteiger partial charge in [0, 0.05) is 11.8 Å². The number of nitrogens with zero attached hydrogens (tertiary/aromatic N) is 4. The van der Waals surface area contributed by atoms with Gasteiger partial charge in [-0.25, -0.2) is 14.5 Å². The van der Waals surface area contributed by atoms with Crippen molar-refractivity contribution in [1.82, 2.24) is 19.6 Å². The Morgan fingerprint density at radius 1 is 1.00 bits per heavy atom. The number of hydrogen-bond donors (Lipinski definition) is 1. The van der Waals surface area contributed by atoms with E-state index in [1.807, 2.05) is 24.3 Å². The van der Waals surface area contributed by atoms with Crippen molar-refractivity contribution in [3.63, 3.8) is 0 Å². The minimum absolute atomic E-state index is 0.314. The summed E-state index contributed by atoms with van der Waals surface area (Å²) < 4.78 is 1.50. The van der Waals surface area contributed by atoms with Gasteiger partial charge in [-0.1, -0.05) is 35.9 Å². The second kappa shape index (κ2) is 6.33. The quantitative estimate of drug-likeness (QED) is 0.612. The largest absolute Gasteiger partial charge is 0.305 e. The first-order valence-corrected chi connectivity index (χ1v) is 7.92. The second-order valence-electron chi connectivity index (χ2n) is 5.28. The second-order valence-corrected chi connectivity index (χ2v) is 5.69. The molecule has 0 bridgehead atoms. The van der Waals surface area contributed by atoms with Crippen LogP contribution in [0.4, 0.5) is 5.82 Å². The third-order valence-corrected chi connectivity index (χ3v) is 3.98. The van der Waals surface area contributed by atoms with Crippen LogP contribution in [0.15, 0.2) is 67.0 Å². The lowest BCUT2D eigenvalue weighted by molar-refractivity contribution is 0.102. The smallest absolute Gasteiger partial charge is 0.277 e. The van der Waals surface area contributed by atoms with Crippen LogP contribution in [-0.2, 0) is 0 Å². The number of carbonyl (C=O) groups is 1. The van der Waals surface area contributed by atoms with Gasteiger partial charge >= 0.3 is 0 Å². The third-order valence-electron chi connectivity index (χ3n) is 3.65. The maximum Gasteiger partial charge on any atom is 0.277 e. The van der Waals surface area contributed by atoms with E-state index in [-0.39, 0.29) is 5.91 Å². The van der Waals surface area contributed by atoms with Gasteiger partial charge in [0.05, 0.1) is 16.9 Å². The minimum atomic E-state index is -0.338. The summed E-state index contributed by atoms with van der Waals surface area (Å²) in [5.74, 6) is 0.125. The lowest BCUT2D eigenvalue weighted by atomic mass is 10.1. The Morgan fingerprint density at radius 2 is 1.84 bits per heavy atom. The summed E-state index contributed by atoms with van der Waals surface area (Å²) in [5.41, 5.74) is 2.33. The molecule has 25 heavy (non-hydrogen) atoms. The average molecular weight is 350 g/mol. The zero-order chi connectivity index (χ0) is 17.2. The Hall–Kier alpha value is -3.25. The van der Waals surface area contributed by atoms with Crippen molar-refractivity contribution in [2.45, 2.75) is 0 Å². The summed E-state index contributed by atoms with van der Waals surface area (Å²) >= 11 is 6.24. The predicted octanol–water partition coefficient (Wildman–Crippen LogP) is 3.70. The van der Waals surface area contributed by atoms with Crippen LogP contribution in [0.25, 0.3) is 16.9 Å². The monoisotopic (exact) mass is 349 g/mol. The molecule has 1 N–H and O–H groups in total. The molecule has 0 atom stereocenters. The van der Waals surface area contributed by atoms with Gasteiger partial charge in [0.25, 0.3) is 5.91 Å². The van der Waals surface area contributed by atoms with Gasteiger partial charge in [-0.15, -0.1) is 0 Å². The number of benzene rings is 1. The molecule has 0 spiro atoms. The van der Waals surface area contributed by atoms with Gasteiger partial charge in [-0.3, -0.25) is 4.79 Å². The molecule has 6 nitrogen and oxygen atoms in total. The number of hydrogen-bond acceptors (Lipinski definition) is 4. The first kappa shape index (κ1) is 15.3. The van der Waals surface area contributed by atoms with Crippen molar-refractivity contribution in [2.24, 2.45) is 0 Å². The van der Waals surface area contributed by atoms with Gasteiger partial charge in [0.15, 0.2) is 11.3 Å². The number of rotatable bonds is 3. The highest BCUT2D eigenvalue weighted by Crippen LogP contribution is 2.26. The van der Waals surface area contributed by atoms with E-state index in [1.165, 1.54) is 10.7 Å². The number of aromatic nitrogens is 4. The molecule has 3 aromatic heterocycles. The van der Waals surface area contributed by atoms with E-state index >= 15 is 0 Å². The molecule has 0 aliphatic carbocycles. The molecule has 7 heteroatoms. The molecular weight excluding hydrogens is 338 g/mol. The van der Waals surface area contributed by atoms with Crippen LogP contribution in [0.2, 0.25) is 5.02 Å². The zero-order valence-corrected chi connectivity index (χ0v) is 13.7. The van der Waals surface area contributed by atoms with Crippen LogP contribution in [0.1, 0.15) is 10.5 Å². The van der Waals surface area contributed by atoms with E-state index in [9.17, 15) is 4.79 Å². The lowest BCUT2D eigenvalue weighted by Gasteiger charge is -2.06. The number of anilines is 1. The highest BCUT2D eigenvalue weighted by molar-refractivity contribution is 6.33. The van der Waals surface area contributed by atoms with E-state index in [1.54, 1.807) is 36.5 Å². The van der Waals surface area contributed by atoms with Crippen LogP contribution in [0, 0.1) is 0 Å².